The van der Waals surface area contributed by atoms with Gasteiger partial charge in [-0.2, -0.15) is 0 Å². The van der Waals surface area contributed by atoms with Crippen LogP contribution in [0.1, 0.15) is 0 Å². The lowest BCUT2D eigenvalue weighted by molar-refractivity contribution is 1.12. The largest absolute Gasteiger partial charge is 0.294 e. The summed E-state index contributed by atoms with van der Waals surface area (Å²) in [6, 6.07) is 122. The maximum absolute atomic E-state index is 4.98. The van der Waals surface area contributed by atoms with Gasteiger partial charge in [-0.15, -0.1) is 0 Å². The van der Waals surface area contributed by atoms with Crippen LogP contribution in [0.3, 0.4) is 0 Å². The van der Waals surface area contributed by atoms with Crippen LogP contribution in [-0.2, 0) is 0 Å². The van der Waals surface area contributed by atoms with Crippen LogP contribution in [0.2, 0.25) is 0 Å². The zero-order valence-electron chi connectivity index (χ0n) is 55.3. The standard InChI is InChI=1S/C96H60N6/c1-5-22-63(23-6-1)87-76-32-13-14-33-77(76)88(64-24-7-2-8-25-64)95-81-52-50-72(74-34-20-36-79(91(74)81)93(87)95)61-40-45-69(46-41-61)101(86-60-97-56-57-100-86)71-31-19-30-67(58-71)68-44-49-78-83(59-68)90(66-28-11-4-12-29-66)94-80-37-21-35-75-73(51-53-82(92(75)80)96(94)89(78)65-26-9-3-10-27-65)62-42-47-70(48-43-62)102(84-38-15-17-54-98-84)85-39-16-18-55-99-85/h1-60H. The van der Waals surface area contributed by atoms with E-state index in [0.717, 1.165) is 62.3 Å². The number of pyridine rings is 2. The third-order valence-electron chi connectivity index (χ3n) is 20.8. The normalized spacial score (nSPS) is 11.7. The number of hydrogen-bond acceptors (Lipinski definition) is 6. The van der Waals surface area contributed by atoms with Crippen molar-refractivity contribution in [2.75, 3.05) is 9.80 Å². The van der Waals surface area contributed by atoms with Gasteiger partial charge in [0.2, 0.25) is 0 Å². The summed E-state index contributed by atoms with van der Waals surface area (Å²) in [6.45, 7) is 0. The summed E-state index contributed by atoms with van der Waals surface area (Å²) < 4.78 is 0. The van der Waals surface area contributed by atoms with Crippen molar-refractivity contribution in [3.8, 4) is 122 Å². The van der Waals surface area contributed by atoms with Crippen molar-refractivity contribution < 1.29 is 0 Å². The lowest BCUT2D eigenvalue weighted by Crippen LogP contribution is -2.12. The van der Waals surface area contributed by atoms with E-state index in [1.165, 1.54) is 138 Å². The lowest BCUT2D eigenvalue weighted by atomic mass is 9.82. The smallest absolute Gasteiger partial charge is 0.156 e. The van der Waals surface area contributed by atoms with Crippen LogP contribution < -0.4 is 9.80 Å². The lowest BCUT2D eigenvalue weighted by Gasteiger charge is -2.25. The average molecular weight is 1300 g/mol. The van der Waals surface area contributed by atoms with Crippen LogP contribution in [0, 0.1) is 0 Å². The van der Waals surface area contributed by atoms with Crippen molar-refractivity contribution in [1.82, 2.24) is 19.9 Å². The summed E-state index contributed by atoms with van der Waals surface area (Å²) in [7, 11) is 0. The summed E-state index contributed by atoms with van der Waals surface area (Å²) in [5.41, 5.74) is 29.5. The van der Waals surface area contributed by atoms with E-state index in [9.17, 15) is 0 Å². The van der Waals surface area contributed by atoms with Crippen LogP contribution in [0.4, 0.5) is 34.5 Å². The second-order valence-electron chi connectivity index (χ2n) is 26.3. The molecule has 6 heteroatoms. The number of fused-ring (bicyclic) bond motifs is 8. The highest BCUT2D eigenvalue weighted by Gasteiger charge is 2.34. The molecule has 474 valence electrons. The highest BCUT2D eigenvalue weighted by atomic mass is 15.2. The van der Waals surface area contributed by atoms with Crippen molar-refractivity contribution in [2.45, 2.75) is 0 Å². The van der Waals surface area contributed by atoms with Gasteiger partial charge in [-0.3, -0.25) is 14.8 Å². The Labute approximate surface area is 590 Å². The molecule has 15 aromatic carbocycles. The zero-order chi connectivity index (χ0) is 67.2. The molecule has 2 aliphatic carbocycles. The fourth-order valence-electron chi connectivity index (χ4n) is 16.5. The third kappa shape index (κ3) is 9.42. The minimum absolute atomic E-state index is 0.719. The Morgan fingerprint density at radius 1 is 0.186 bits per heavy atom. The summed E-state index contributed by atoms with van der Waals surface area (Å²) in [6.07, 6.45) is 9.02. The van der Waals surface area contributed by atoms with E-state index < -0.39 is 0 Å². The first-order valence-electron chi connectivity index (χ1n) is 34.7. The van der Waals surface area contributed by atoms with Crippen molar-refractivity contribution >= 4 is 77.6 Å². The first-order chi connectivity index (χ1) is 50.7. The Morgan fingerprint density at radius 3 is 1.02 bits per heavy atom. The van der Waals surface area contributed by atoms with Crippen LogP contribution in [0.25, 0.3) is 165 Å². The van der Waals surface area contributed by atoms with E-state index in [2.05, 4.69) is 312 Å². The van der Waals surface area contributed by atoms with E-state index >= 15 is 0 Å². The van der Waals surface area contributed by atoms with Crippen LogP contribution in [0.15, 0.2) is 365 Å². The second kappa shape index (κ2) is 24.1. The van der Waals surface area contributed by atoms with Gasteiger partial charge in [0.15, 0.2) is 5.82 Å². The minimum Gasteiger partial charge on any atom is -0.294 e. The van der Waals surface area contributed by atoms with Crippen molar-refractivity contribution in [3.63, 3.8) is 0 Å². The van der Waals surface area contributed by atoms with Crippen LogP contribution >= 0.6 is 0 Å². The molecule has 0 aliphatic heterocycles. The van der Waals surface area contributed by atoms with E-state index in [-0.39, 0.29) is 0 Å². The summed E-state index contributed by atoms with van der Waals surface area (Å²) >= 11 is 0. The maximum Gasteiger partial charge on any atom is 0.156 e. The molecule has 0 amide bonds. The Hall–Kier alpha value is -13.7. The topological polar surface area (TPSA) is 58.0 Å². The third-order valence-corrected chi connectivity index (χ3v) is 20.8. The number of nitrogens with zero attached hydrogens (tertiary/aromatic N) is 6. The molecule has 0 unspecified atom stereocenters. The van der Waals surface area contributed by atoms with Crippen molar-refractivity contribution in [3.05, 3.63) is 365 Å². The molecule has 18 aromatic rings. The van der Waals surface area contributed by atoms with E-state index in [4.69, 9.17) is 15.0 Å². The van der Waals surface area contributed by atoms with Gasteiger partial charge < -0.3 is 0 Å². The molecule has 6 nitrogen and oxygen atoms in total. The minimum atomic E-state index is 0.719. The number of anilines is 6. The van der Waals surface area contributed by atoms with Gasteiger partial charge in [-0.25, -0.2) is 15.0 Å². The van der Waals surface area contributed by atoms with Gasteiger partial charge >= 0.3 is 0 Å². The summed E-state index contributed by atoms with van der Waals surface area (Å²) in [5.74, 6) is 2.32. The molecule has 3 heterocycles. The van der Waals surface area contributed by atoms with Crippen molar-refractivity contribution in [1.29, 1.82) is 0 Å². The Bertz CT molecular complexity index is 6180. The van der Waals surface area contributed by atoms with Gasteiger partial charge in [0.25, 0.3) is 0 Å². The van der Waals surface area contributed by atoms with Gasteiger partial charge in [-0.1, -0.05) is 267 Å². The number of benzene rings is 15. The quantitative estimate of drug-likeness (QED) is 0.115. The Balaban J connectivity index is 0.702. The van der Waals surface area contributed by atoms with Gasteiger partial charge in [-0.05, 0) is 232 Å². The molecule has 2 aliphatic rings. The number of aromatic nitrogens is 4. The van der Waals surface area contributed by atoms with E-state index in [0.29, 0.717) is 0 Å². The fourth-order valence-corrected chi connectivity index (χ4v) is 16.5. The molecule has 20 rings (SSSR count). The fraction of sp³-hybridized carbons (Fsp3) is 0. The molecular formula is C96H60N6. The average Bonchev–Trinajstić information content (AvgIpc) is 1.52. The molecule has 3 aromatic heterocycles. The number of rotatable bonds is 13. The molecular weight excluding hydrogens is 1240 g/mol. The molecule has 0 fully saturated rings. The molecule has 102 heavy (non-hydrogen) atoms. The van der Waals surface area contributed by atoms with Crippen molar-refractivity contribution in [2.24, 2.45) is 0 Å². The molecule has 0 saturated carbocycles. The van der Waals surface area contributed by atoms with Gasteiger partial charge in [0.1, 0.15) is 11.6 Å². The van der Waals surface area contributed by atoms with Crippen LogP contribution in [0.5, 0.6) is 0 Å². The highest BCUT2D eigenvalue weighted by Crippen LogP contribution is 2.61. The SMILES string of the molecule is c1ccc(-c2c3c(c(-c4ccccc4)c4ccccc24)-c2ccc(-c4ccc(N(c5cccc(-c6ccc7c(-c8ccccc8)c8c(c(-c9ccccc9)c7c6)-c6cccc7c(-c9ccc(N(c%10ccccn%10)c%10ccccn%10)cc9)ccc-8c67)c5)c5cnccn5)cc4)c4cccc-3c24)cc1. The molecule has 0 bridgehead atoms. The molecule has 0 spiro atoms. The summed E-state index contributed by atoms with van der Waals surface area (Å²) in [4.78, 5) is 23.5. The number of hydrogen-bond donors (Lipinski definition) is 0. The molecule has 0 saturated heterocycles. The monoisotopic (exact) mass is 1300 g/mol. The second-order valence-corrected chi connectivity index (χ2v) is 26.3. The predicted octanol–water partition coefficient (Wildman–Crippen LogP) is 25.8. The van der Waals surface area contributed by atoms with E-state index in [1.807, 2.05) is 55.0 Å². The first kappa shape index (κ1) is 58.5. The zero-order valence-corrected chi connectivity index (χ0v) is 55.3. The first-order valence-corrected chi connectivity index (χ1v) is 34.7. The molecule has 0 radical (unpaired) electrons. The van der Waals surface area contributed by atoms with Crippen LogP contribution in [-0.4, -0.2) is 19.9 Å². The predicted molar refractivity (Wildman–Crippen MR) is 424 cm³/mol. The molecule has 0 atom stereocenters. The van der Waals surface area contributed by atoms with Gasteiger partial charge in [0.05, 0.1) is 6.20 Å². The highest BCUT2D eigenvalue weighted by molar-refractivity contribution is 6.31. The van der Waals surface area contributed by atoms with E-state index in [1.54, 1.807) is 12.4 Å². The molecule has 0 N–H and O–H groups in total. The Kier molecular flexibility index (Phi) is 13.8. The summed E-state index contributed by atoms with van der Waals surface area (Å²) in [5, 5.41) is 9.85. The van der Waals surface area contributed by atoms with Gasteiger partial charge in [0, 0.05) is 41.8 Å². The maximum atomic E-state index is 4.98. The Morgan fingerprint density at radius 2 is 0.559 bits per heavy atom.